The summed E-state index contributed by atoms with van der Waals surface area (Å²) in [5.74, 6) is 0.788. The van der Waals surface area contributed by atoms with Gasteiger partial charge in [-0.25, -0.2) is 14.3 Å². The number of carbonyl (C=O) groups excluding carboxylic acids is 1. The molecule has 0 bridgehead atoms. The number of amides is 1. The summed E-state index contributed by atoms with van der Waals surface area (Å²) >= 11 is 0. The Balaban J connectivity index is 2.09. The molecule has 1 aromatic carbocycles. The summed E-state index contributed by atoms with van der Waals surface area (Å²) in [6.07, 6.45) is 2.04. The Morgan fingerprint density at radius 3 is 2.75 bits per heavy atom. The molecule has 130 valence electrons. The summed E-state index contributed by atoms with van der Waals surface area (Å²) in [7, 11) is 6.06. The maximum atomic E-state index is 13.0. The van der Waals surface area contributed by atoms with E-state index in [-0.39, 0.29) is 12.1 Å². The first-order valence-corrected chi connectivity index (χ1v) is 8.67. The van der Waals surface area contributed by atoms with E-state index in [0.29, 0.717) is 0 Å². The molecule has 6 nitrogen and oxygen atoms in total. The second-order valence-corrected chi connectivity index (χ2v) is 6.84. The van der Waals surface area contributed by atoms with Gasteiger partial charge in [0.1, 0.15) is 0 Å². The highest BCUT2D eigenvalue weighted by atomic mass is 16.2. The molecule has 0 aliphatic carbocycles. The fraction of sp³-hybridized carbons (Fsp3) is 0.556. The van der Waals surface area contributed by atoms with Crippen LogP contribution < -0.4 is 4.90 Å². The van der Waals surface area contributed by atoms with E-state index in [2.05, 4.69) is 30.8 Å². The van der Waals surface area contributed by atoms with Crippen LogP contribution in [0.1, 0.15) is 19.8 Å². The fourth-order valence-electron chi connectivity index (χ4n) is 3.40. The highest BCUT2D eigenvalue weighted by Crippen LogP contribution is 2.28. The topological polar surface area (TPSA) is 44.6 Å². The van der Waals surface area contributed by atoms with Crippen molar-refractivity contribution in [2.24, 2.45) is 0 Å². The normalized spacial score (nSPS) is 18.4. The summed E-state index contributed by atoms with van der Waals surface area (Å²) in [5, 5.41) is 0. The van der Waals surface area contributed by atoms with Crippen LogP contribution in [0.3, 0.4) is 0 Å². The van der Waals surface area contributed by atoms with Crippen molar-refractivity contribution in [2.45, 2.75) is 25.8 Å². The number of rotatable bonds is 5. The highest BCUT2D eigenvalue weighted by Gasteiger charge is 2.33. The van der Waals surface area contributed by atoms with Gasteiger partial charge in [0.15, 0.2) is 0 Å². The molecule has 6 heteroatoms. The van der Waals surface area contributed by atoms with Crippen LogP contribution in [0, 0.1) is 0 Å². The Bertz CT molecular complexity index is 723. The first-order valence-electron chi connectivity index (χ1n) is 8.67. The molecule has 1 aromatic heterocycles. The summed E-state index contributed by atoms with van der Waals surface area (Å²) in [6.45, 7) is 4.80. The van der Waals surface area contributed by atoms with Crippen LogP contribution in [0.5, 0.6) is 0 Å². The largest absolute Gasteiger partial charge is 0.337 e. The van der Waals surface area contributed by atoms with Crippen LogP contribution in [0.4, 0.5) is 10.7 Å². The lowest BCUT2D eigenvalue weighted by atomic mass is 10.1. The molecule has 1 unspecified atom stereocenters. The number of nitrogens with zero attached hydrogens (tertiary/aromatic N) is 5. The van der Waals surface area contributed by atoms with Crippen molar-refractivity contribution >= 4 is 23.0 Å². The summed E-state index contributed by atoms with van der Waals surface area (Å²) < 4.78 is 1.78. The molecule has 1 amide bonds. The van der Waals surface area contributed by atoms with E-state index in [4.69, 9.17) is 4.98 Å². The lowest BCUT2D eigenvalue weighted by Gasteiger charge is -2.31. The summed E-state index contributed by atoms with van der Waals surface area (Å²) in [5.41, 5.74) is 1.77. The van der Waals surface area contributed by atoms with E-state index in [0.717, 1.165) is 49.5 Å². The van der Waals surface area contributed by atoms with E-state index in [1.165, 1.54) is 0 Å². The number of benzene rings is 1. The van der Waals surface area contributed by atoms with Crippen LogP contribution in [-0.2, 0) is 0 Å². The van der Waals surface area contributed by atoms with Gasteiger partial charge >= 0.3 is 6.03 Å². The van der Waals surface area contributed by atoms with Crippen molar-refractivity contribution in [1.82, 2.24) is 19.4 Å². The Morgan fingerprint density at radius 1 is 1.29 bits per heavy atom. The van der Waals surface area contributed by atoms with E-state index in [9.17, 15) is 4.79 Å². The molecule has 1 aliphatic rings. The van der Waals surface area contributed by atoms with Gasteiger partial charge in [0.05, 0.1) is 17.1 Å². The molecule has 1 aliphatic heterocycles. The lowest BCUT2D eigenvalue weighted by molar-refractivity contribution is 0.210. The predicted octanol–water partition coefficient (Wildman–Crippen LogP) is 2.49. The molecule has 2 aromatic rings. The Hall–Kier alpha value is -2.08. The standard InChI is InChI=1S/C18H27N5O/c1-5-11-22-14(10-12-20(2)3)13-21(4)18(24)23-16-9-7-6-8-15(16)19-17(22)23/h6-9,14H,5,10-13H2,1-4H3. The summed E-state index contributed by atoms with van der Waals surface area (Å²) in [6, 6.07) is 8.16. The van der Waals surface area contributed by atoms with Gasteiger partial charge in [0, 0.05) is 20.1 Å². The summed E-state index contributed by atoms with van der Waals surface area (Å²) in [4.78, 5) is 24.1. The molecule has 0 spiro atoms. The second kappa shape index (κ2) is 6.81. The molecule has 3 rings (SSSR count). The maximum absolute atomic E-state index is 13.0. The van der Waals surface area contributed by atoms with E-state index >= 15 is 0 Å². The van der Waals surface area contributed by atoms with Crippen LogP contribution in [0.25, 0.3) is 11.0 Å². The molecule has 24 heavy (non-hydrogen) atoms. The van der Waals surface area contributed by atoms with Crippen molar-refractivity contribution in [3.8, 4) is 0 Å². The van der Waals surface area contributed by atoms with Crippen LogP contribution in [-0.4, -0.2) is 72.2 Å². The van der Waals surface area contributed by atoms with Crippen LogP contribution in [0.15, 0.2) is 24.3 Å². The van der Waals surface area contributed by atoms with Gasteiger partial charge in [-0.05, 0) is 45.6 Å². The molecule has 0 fully saturated rings. The molecule has 0 radical (unpaired) electrons. The average molecular weight is 329 g/mol. The minimum absolute atomic E-state index is 0.00663. The van der Waals surface area contributed by atoms with Gasteiger partial charge in [0.25, 0.3) is 0 Å². The monoisotopic (exact) mass is 329 g/mol. The number of anilines is 1. The third-order valence-corrected chi connectivity index (χ3v) is 4.62. The third-order valence-electron chi connectivity index (χ3n) is 4.62. The van der Waals surface area contributed by atoms with E-state index in [1.54, 1.807) is 4.57 Å². The van der Waals surface area contributed by atoms with E-state index in [1.807, 2.05) is 36.2 Å². The Labute approximate surface area is 143 Å². The van der Waals surface area contributed by atoms with Crippen molar-refractivity contribution < 1.29 is 4.79 Å². The molecule has 2 heterocycles. The van der Waals surface area contributed by atoms with Crippen molar-refractivity contribution in [1.29, 1.82) is 0 Å². The average Bonchev–Trinajstić information content (AvgIpc) is 2.90. The molecular formula is C18H27N5O. The Kier molecular flexibility index (Phi) is 4.76. The lowest BCUT2D eigenvalue weighted by Crippen LogP contribution is -2.43. The molecular weight excluding hydrogens is 302 g/mol. The first kappa shape index (κ1) is 16.8. The number of imidazole rings is 1. The zero-order valence-electron chi connectivity index (χ0n) is 15.1. The number of aromatic nitrogens is 2. The van der Waals surface area contributed by atoms with Crippen molar-refractivity contribution in [2.75, 3.05) is 45.7 Å². The minimum Gasteiger partial charge on any atom is -0.337 e. The van der Waals surface area contributed by atoms with Crippen molar-refractivity contribution in [3.63, 3.8) is 0 Å². The zero-order valence-corrected chi connectivity index (χ0v) is 15.1. The first-order chi connectivity index (χ1) is 11.5. The second-order valence-electron chi connectivity index (χ2n) is 6.84. The fourth-order valence-corrected chi connectivity index (χ4v) is 3.40. The van der Waals surface area contributed by atoms with Gasteiger partial charge in [-0.3, -0.25) is 0 Å². The molecule has 0 saturated carbocycles. The smallest absolute Gasteiger partial charge is 0.331 e. The minimum atomic E-state index is 0.00663. The van der Waals surface area contributed by atoms with Crippen molar-refractivity contribution in [3.05, 3.63) is 24.3 Å². The van der Waals surface area contributed by atoms with Gasteiger partial charge in [0.2, 0.25) is 5.95 Å². The molecule has 1 atom stereocenters. The number of para-hydroxylation sites is 2. The number of likely N-dealkylation sites (N-methyl/N-ethyl adjacent to an activating group) is 1. The zero-order chi connectivity index (χ0) is 17.3. The molecule has 0 N–H and O–H groups in total. The third kappa shape index (κ3) is 2.98. The SMILES string of the molecule is CCCN1c2nc3ccccc3n2C(=O)N(C)CC1CCN(C)C. The van der Waals surface area contributed by atoms with Crippen LogP contribution >= 0.6 is 0 Å². The van der Waals surface area contributed by atoms with Gasteiger partial charge in [-0.2, -0.15) is 0 Å². The number of hydrogen-bond acceptors (Lipinski definition) is 4. The molecule has 0 saturated heterocycles. The number of fused-ring (bicyclic) bond motifs is 3. The van der Waals surface area contributed by atoms with Gasteiger partial charge in [-0.1, -0.05) is 19.1 Å². The van der Waals surface area contributed by atoms with Gasteiger partial charge < -0.3 is 14.7 Å². The number of hydrogen-bond donors (Lipinski definition) is 0. The Morgan fingerprint density at radius 2 is 2.04 bits per heavy atom. The van der Waals surface area contributed by atoms with Crippen LogP contribution in [0.2, 0.25) is 0 Å². The van der Waals surface area contributed by atoms with E-state index < -0.39 is 0 Å². The highest BCUT2D eigenvalue weighted by molar-refractivity contribution is 5.93. The maximum Gasteiger partial charge on any atom is 0.331 e. The quantitative estimate of drug-likeness (QED) is 0.845. The number of carbonyl (C=O) groups is 1. The van der Waals surface area contributed by atoms with Gasteiger partial charge in [-0.15, -0.1) is 0 Å². The predicted molar refractivity (Wildman–Crippen MR) is 97.8 cm³/mol.